The van der Waals surface area contributed by atoms with Crippen molar-refractivity contribution in [1.82, 2.24) is 14.9 Å². The second kappa shape index (κ2) is 8.86. The van der Waals surface area contributed by atoms with Crippen LogP contribution in [0.15, 0.2) is 24.3 Å². The Morgan fingerprint density at radius 1 is 1.24 bits per heavy atom. The number of anilines is 1. The highest BCUT2D eigenvalue weighted by molar-refractivity contribution is 5.47. The Labute approximate surface area is 172 Å². The fourth-order valence-electron chi connectivity index (χ4n) is 4.09. The van der Waals surface area contributed by atoms with Crippen LogP contribution in [0.2, 0.25) is 0 Å². The van der Waals surface area contributed by atoms with Gasteiger partial charge in [-0.1, -0.05) is 0 Å². The summed E-state index contributed by atoms with van der Waals surface area (Å²) in [4.78, 5) is 11.6. The lowest BCUT2D eigenvalue weighted by Gasteiger charge is -2.37. The molecule has 4 rings (SSSR count). The van der Waals surface area contributed by atoms with E-state index in [0.717, 1.165) is 42.5 Å². The number of aromatic nitrogens is 2. The minimum Gasteiger partial charge on any atom is -0.484 e. The van der Waals surface area contributed by atoms with Gasteiger partial charge in [0.1, 0.15) is 13.2 Å². The number of piperidine rings is 1. The minimum absolute atomic E-state index is 0.247. The van der Waals surface area contributed by atoms with Gasteiger partial charge in [0, 0.05) is 36.6 Å². The third kappa shape index (κ3) is 4.72. The third-order valence-corrected chi connectivity index (χ3v) is 5.69. The molecule has 2 atom stereocenters. The molecule has 1 saturated heterocycles. The average Bonchev–Trinajstić information content (AvgIpc) is 2.76. The summed E-state index contributed by atoms with van der Waals surface area (Å²) in [6.45, 7) is 8.44. The van der Waals surface area contributed by atoms with Crippen LogP contribution in [0.25, 0.3) is 0 Å². The number of fused-ring (bicyclic) bond motifs is 1. The van der Waals surface area contributed by atoms with E-state index >= 15 is 0 Å². The summed E-state index contributed by atoms with van der Waals surface area (Å²) in [5, 5.41) is 3.57. The second-order valence-electron chi connectivity index (χ2n) is 7.84. The van der Waals surface area contributed by atoms with Gasteiger partial charge in [-0.05, 0) is 57.4 Å². The molecule has 29 heavy (non-hydrogen) atoms. The van der Waals surface area contributed by atoms with Crippen LogP contribution in [0, 0.1) is 12.8 Å². The largest absolute Gasteiger partial charge is 0.484 e. The maximum atomic E-state index is 5.66. The van der Waals surface area contributed by atoms with E-state index in [9.17, 15) is 0 Å². The van der Waals surface area contributed by atoms with Crippen molar-refractivity contribution >= 4 is 5.69 Å². The number of nitrogens with one attached hydrogen (secondary N) is 1. The van der Waals surface area contributed by atoms with E-state index in [-0.39, 0.29) is 6.04 Å². The van der Waals surface area contributed by atoms with Crippen LogP contribution < -0.4 is 19.5 Å². The molecule has 2 aromatic rings. The van der Waals surface area contributed by atoms with Crippen molar-refractivity contribution in [2.24, 2.45) is 5.92 Å². The number of methoxy groups -OCH3 is 1. The predicted octanol–water partition coefficient (Wildman–Crippen LogP) is 3.45. The molecular weight excluding hydrogens is 368 g/mol. The van der Waals surface area contributed by atoms with Crippen LogP contribution in [-0.4, -0.2) is 54.8 Å². The summed E-state index contributed by atoms with van der Waals surface area (Å²) < 4.78 is 16.5. The smallest absolute Gasteiger partial charge is 0.257 e. The number of pyridine rings is 2. The molecule has 7 nitrogen and oxygen atoms in total. The molecule has 4 heterocycles. The number of hydrogen-bond donors (Lipinski definition) is 1. The second-order valence-corrected chi connectivity index (χ2v) is 7.84. The maximum Gasteiger partial charge on any atom is 0.257 e. The van der Waals surface area contributed by atoms with Crippen molar-refractivity contribution in [2.75, 3.05) is 45.3 Å². The molecule has 0 amide bonds. The number of ether oxygens (including phenoxy) is 3. The molecule has 0 saturated carbocycles. The van der Waals surface area contributed by atoms with Gasteiger partial charge in [0.15, 0.2) is 5.75 Å². The van der Waals surface area contributed by atoms with E-state index in [4.69, 9.17) is 19.2 Å². The van der Waals surface area contributed by atoms with E-state index < -0.39 is 0 Å². The molecular formula is C22H30N4O3. The van der Waals surface area contributed by atoms with Crippen LogP contribution in [0.1, 0.15) is 37.2 Å². The first-order valence-electron chi connectivity index (χ1n) is 10.4. The summed E-state index contributed by atoms with van der Waals surface area (Å²) in [7, 11) is 1.65. The molecule has 0 aromatic carbocycles. The summed E-state index contributed by atoms with van der Waals surface area (Å²) in [5.41, 5.74) is 3.06. The third-order valence-electron chi connectivity index (χ3n) is 5.69. The molecule has 1 N–H and O–H groups in total. The fourth-order valence-corrected chi connectivity index (χ4v) is 4.09. The highest BCUT2D eigenvalue weighted by atomic mass is 16.6. The molecule has 2 aliphatic rings. The molecule has 2 aromatic heterocycles. The lowest BCUT2D eigenvalue weighted by atomic mass is 9.96. The zero-order valence-corrected chi connectivity index (χ0v) is 17.5. The van der Waals surface area contributed by atoms with Gasteiger partial charge in [-0.2, -0.15) is 0 Å². The van der Waals surface area contributed by atoms with Gasteiger partial charge in [-0.15, -0.1) is 0 Å². The first-order chi connectivity index (χ1) is 14.1. The Hall–Kier alpha value is -2.54. The Kier molecular flexibility index (Phi) is 6.04. The van der Waals surface area contributed by atoms with Gasteiger partial charge in [0.2, 0.25) is 5.88 Å². The number of rotatable bonds is 6. The highest BCUT2D eigenvalue weighted by Crippen LogP contribution is 2.32. The van der Waals surface area contributed by atoms with Crippen molar-refractivity contribution in [3.8, 4) is 17.5 Å². The summed E-state index contributed by atoms with van der Waals surface area (Å²) in [6.07, 6.45) is 2.42. The topological polar surface area (TPSA) is 68.7 Å². The quantitative estimate of drug-likeness (QED) is 0.799. The first kappa shape index (κ1) is 19.8. The molecule has 0 aliphatic carbocycles. The predicted molar refractivity (Wildman–Crippen MR) is 112 cm³/mol. The van der Waals surface area contributed by atoms with Crippen LogP contribution in [-0.2, 0) is 0 Å². The van der Waals surface area contributed by atoms with E-state index in [1.54, 1.807) is 7.11 Å². The molecule has 0 spiro atoms. The number of nitrogens with zero attached hydrogens (tertiary/aromatic N) is 3. The zero-order valence-electron chi connectivity index (χ0n) is 17.5. The molecule has 0 radical (unpaired) electrons. The number of aryl methyl sites for hydroxylation is 1. The molecule has 0 unspecified atom stereocenters. The Morgan fingerprint density at radius 2 is 2.10 bits per heavy atom. The number of hydrogen-bond acceptors (Lipinski definition) is 7. The SMILES string of the molecule is COc1cc(NC[C@H]2CCCN([C@H](C)c3ccc4c(n3)OCCO4)C2)cc(C)n1. The van der Waals surface area contributed by atoms with E-state index in [2.05, 4.69) is 34.3 Å². The minimum atomic E-state index is 0.247. The van der Waals surface area contributed by atoms with Gasteiger partial charge in [0.05, 0.1) is 12.8 Å². The van der Waals surface area contributed by atoms with Gasteiger partial charge in [-0.25, -0.2) is 9.97 Å². The normalized spacial score (nSPS) is 20.2. The monoisotopic (exact) mass is 398 g/mol. The summed E-state index contributed by atoms with van der Waals surface area (Å²) in [6, 6.07) is 8.30. The van der Waals surface area contributed by atoms with Gasteiger partial charge < -0.3 is 19.5 Å². The van der Waals surface area contributed by atoms with E-state index in [1.165, 1.54) is 12.8 Å². The lowest BCUT2D eigenvalue weighted by molar-refractivity contribution is 0.131. The summed E-state index contributed by atoms with van der Waals surface area (Å²) >= 11 is 0. The molecule has 156 valence electrons. The highest BCUT2D eigenvalue weighted by Gasteiger charge is 2.26. The molecule has 2 aliphatic heterocycles. The van der Waals surface area contributed by atoms with Crippen LogP contribution >= 0.6 is 0 Å². The van der Waals surface area contributed by atoms with Crippen molar-refractivity contribution < 1.29 is 14.2 Å². The maximum absolute atomic E-state index is 5.66. The Bertz CT molecular complexity index is 845. The Balaban J connectivity index is 1.37. The van der Waals surface area contributed by atoms with Crippen molar-refractivity contribution in [1.29, 1.82) is 0 Å². The standard InChI is InChI=1S/C22H30N4O3/c1-15-11-18(12-21(24-15)27-3)23-13-17-5-4-8-26(14-17)16(2)19-6-7-20-22(25-19)29-10-9-28-20/h6-7,11-12,16-17H,4-5,8-10,13-14H2,1-3H3,(H,23,24)/t16-,17-/m1/s1. The van der Waals surface area contributed by atoms with Crippen LogP contribution in [0.4, 0.5) is 5.69 Å². The number of likely N-dealkylation sites (tertiary alicyclic amines) is 1. The van der Waals surface area contributed by atoms with Crippen molar-refractivity contribution in [2.45, 2.75) is 32.7 Å². The molecule has 1 fully saturated rings. The van der Waals surface area contributed by atoms with Gasteiger partial charge >= 0.3 is 0 Å². The van der Waals surface area contributed by atoms with Crippen molar-refractivity contribution in [3.63, 3.8) is 0 Å². The van der Waals surface area contributed by atoms with E-state index in [1.807, 2.05) is 19.1 Å². The average molecular weight is 399 g/mol. The van der Waals surface area contributed by atoms with E-state index in [0.29, 0.717) is 30.9 Å². The Morgan fingerprint density at radius 3 is 2.97 bits per heavy atom. The molecule has 0 bridgehead atoms. The first-order valence-corrected chi connectivity index (χ1v) is 10.4. The molecule has 7 heteroatoms. The zero-order chi connectivity index (χ0) is 20.2. The van der Waals surface area contributed by atoms with Gasteiger partial charge in [0.25, 0.3) is 5.88 Å². The fraction of sp³-hybridized carbons (Fsp3) is 0.545. The van der Waals surface area contributed by atoms with Crippen LogP contribution in [0.3, 0.4) is 0 Å². The van der Waals surface area contributed by atoms with Gasteiger partial charge in [-0.3, -0.25) is 4.90 Å². The van der Waals surface area contributed by atoms with Crippen LogP contribution in [0.5, 0.6) is 17.5 Å². The lowest BCUT2D eigenvalue weighted by Crippen LogP contribution is -2.39. The van der Waals surface area contributed by atoms with Crippen molar-refractivity contribution in [3.05, 3.63) is 35.7 Å². The summed E-state index contributed by atoms with van der Waals surface area (Å²) in [5.74, 6) is 2.60.